The van der Waals surface area contributed by atoms with Gasteiger partial charge in [-0.3, -0.25) is 4.79 Å². The van der Waals surface area contributed by atoms with Crippen LogP contribution in [0, 0.1) is 3.57 Å². The van der Waals surface area contributed by atoms with E-state index in [9.17, 15) is 4.79 Å². The van der Waals surface area contributed by atoms with E-state index in [2.05, 4.69) is 27.6 Å². The van der Waals surface area contributed by atoms with Crippen molar-refractivity contribution in [3.05, 3.63) is 15.3 Å². The van der Waals surface area contributed by atoms with Gasteiger partial charge in [-0.2, -0.15) is 0 Å². The average molecular weight is 291 g/mol. The summed E-state index contributed by atoms with van der Waals surface area (Å²) < 4.78 is 11.4. The molecule has 0 N–H and O–H groups in total. The van der Waals surface area contributed by atoms with Crippen molar-refractivity contribution in [3.8, 4) is 11.6 Å². The smallest absolute Gasteiger partial charge is 0.258 e. The lowest BCUT2D eigenvalue weighted by atomic mass is 10.3. The molecule has 1 aromatic rings. The second-order valence-electron chi connectivity index (χ2n) is 2.48. The highest BCUT2D eigenvalue weighted by Crippen LogP contribution is 2.32. The molecule has 1 aliphatic heterocycles. The second-order valence-corrected chi connectivity index (χ2v) is 3.64. The van der Waals surface area contributed by atoms with Gasteiger partial charge in [-0.1, -0.05) is 0 Å². The first-order valence-corrected chi connectivity index (χ1v) is 4.80. The Hall–Kier alpha value is -0.850. The van der Waals surface area contributed by atoms with E-state index in [-0.39, 0.29) is 0 Å². The van der Waals surface area contributed by atoms with E-state index in [1.807, 2.05) is 0 Å². The highest BCUT2D eigenvalue weighted by atomic mass is 127. The lowest BCUT2D eigenvalue weighted by Gasteiger charge is -2.18. The standard InChI is InChI=1S/C8H6INO3/c9-6-3-5(4-11)10-8-7(6)12-1-2-13-8/h3-4H,1-2H2. The molecule has 1 aliphatic rings. The van der Waals surface area contributed by atoms with Crippen LogP contribution in [0.4, 0.5) is 0 Å². The van der Waals surface area contributed by atoms with E-state index in [0.717, 1.165) is 3.57 Å². The predicted octanol–water partition coefficient (Wildman–Crippen LogP) is 1.27. The van der Waals surface area contributed by atoms with Crippen molar-refractivity contribution >= 4 is 28.9 Å². The van der Waals surface area contributed by atoms with Gasteiger partial charge in [-0.05, 0) is 28.7 Å². The number of pyridine rings is 1. The molecule has 0 radical (unpaired) electrons. The molecule has 0 aromatic carbocycles. The van der Waals surface area contributed by atoms with Gasteiger partial charge in [-0.25, -0.2) is 4.98 Å². The molecule has 0 saturated heterocycles. The van der Waals surface area contributed by atoms with Crippen molar-refractivity contribution in [2.24, 2.45) is 0 Å². The van der Waals surface area contributed by atoms with Crippen LogP contribution in [0.5, 0.6) is 11.6 Å². The number of aldehydes is 1. The Labute approximate surface area is 88.4 Å². The number of rotatable bonds is 1. The van der Waals surface area contributed by atoms with Crippen LogP contribution in [0.25, 0.3) is 0 Å². The predicted molar refractivity (Wildman–Crippen MR) is 53.3 cm³/mol. The molecule has 4 nitrogen and oxygen atoms in total. The van der Waals surface area contributed by atoms with E-state index in [4.69, 9.17) is 9.47 Å². The van der Waals surface area contributed by atoms with Gasteiger partial charge in [0.1, 0.15) is 18.9 Å². The SMILES string of the molecule is O=Cc1cc(I)c2c(n1)OCCO2. The molecule has 2 rings (SSSR count). The number of hydrogen-bond acceptors (Lipinski definition) is 4. The highest BCUT2D eigenvalue weighted by Gasteiger charge is 2.17. The maximum Gasteiger partial charge on any atom is 0.258 e. The van der Waals surface area contributed by atoms with Crippen molar-refractivity contribution in [2.75, 3.05) is 13.2 Å². The molecular formula is C8H6INO3. The second kappa shape index (κ2) is 3.49. The third-order valence-electron chi connectivity index (χ3n) is 1.61. The van der Waals surface area contributed by atoms with Crippen LogP contribution < -0.4 is 9.47 Å². The van der Waals surface area contributed by atoms with E-state index in [1.165, 1.54) is 0 Å². The van der Waals surface area contributed by atoms with Crippen LogP contribution >= 0.6 is 22.6 Å². The summed E-state index contributed by atoms with van der Waals surface area (Å²) >= 11 is 2.09. The molecule has 0 atom stereocenters. The largest absolute Gasteiger partial charge is 0.483 e. The minimum Gasteiger partial charge on any atom is -0.483 e. The number of carbonyl (C=O) groups is 1. The fraction of sp³-hybridized carbons (Fsp3) is 0.250. The van der Waals surface area contributed by atoms with Crippen molar-refractivity contribution in [1.82, 2.24) is 4.98 Å². The summed E-state index contributed by atoms with van der Waals surface area (Å²) in [5.41, 5.74) is 0.369. The Morgan fingerprint density at radius 1 is 1.46 bits per heavy atom. The summed E-state index contributed by atoms with van der Waals surface area (Å²) in [6.07, 6.45) is 0.695. The zero-order valence-corrected chi connectivity index (χ0v) is 8.78. The van der Waals surface area contributed by atoms with Gasteiger partial charge in [0, 0.05) is 0 Å². The van der Waals surface area contributed by atoms with E-state index in [0.29, 0.717) is 36.8 Å². The van der Waals surface area contributed by atoms with Crippen LogP contribution in [-0.4, -0.2) is 24.5 Å². The number of hydrogen-bond donors (Lipinski definition) is 0. The van der Waals surface area contributed by atoms with Gasteiger partial charge in [0.15, 0.2) is 12.0 Å². The van der Waals surface area contributed by atoms with Crippen LogP contribution in [-0.2, 0) is 0 Å². The molecule has 2 heterocycles. The molecule has 5 heteroatoms. The Bertz CT molecular complexity index is 353. The molecule has 0 saturated carbocycles. The number of aromatic nitrogens is 1. The summed E-state index contributed by atoms with van der Waals surface area (Å²) in [5.74, 6) is 1.05. The third kappa shape index (κ3) is 1.60. The van der Waals surface area contributed by atoms with Gasteiger partial charge < -0.3 is 9.47 Å². The lowest BCUT2D eigenvalue weighted by Crippen LogP contribution is -2.17. The summed E-state index contributed by atoms with van der Waals surface area (Å²) in [7, 11) is 0. The van der Waals surface area contributed by atoms with E-state index >= 15 is 0 Å². The first-order valence-electron chi connectivity index (χ1n) is 3.72. The molecule has 0 fully saturated rings. The molecule has 0 bridgehead atoms. The average Bonchev–Trinajstić information content (AvgIpc) is 2.18. The van der Waals surface area contributed by atoms with Crippen LogP contribution in [0.1, 0.15) is 10.5 Å². The molecular weight excluding hydrogens is 285 g/mol. The first kappa shape index (κ1) is 8.74. The van der Waals surface area contributed by atoms with E-state index in [1.54, 1.807) is 6.07 Å². The van der Waals surface area contributed by atoms with Crippen LogP contribution in [0.15, 0.2) is 6.07 Å². The van der Waals surface area contributed by atoms with E-state index < -0.39 is 0 Å². The fourth-order valence-electron chi connectivity index (χ4n) is 1.07. The lowest BCUT2D eigenvalue weighted by molar-refractivity contribution is 0.111. The molecule has 1 aromatic heterocycles. The van der Waals surface area contributed by atoms with Gasteiger partial charge >= 0.3 is 0 Å². The van der Waals surface area contributed by atoms with Gasteiger partial charge in [0.25, 0.3) is 5.88 Å². The Morgan fingerprint density at radius 2 is 2.23 bits per heavy atom. The van der Waals surface area contributed by atoms with Crippen molar-refractivity contribution in [3.63, 3.8) is 0 Å². The highest BCUT2D eigenvalue weighted by molar-refractivity contribution is 14.1. The number of carbonyl (C=O) groups excluding carboxylic acids is 1. The summed E-state index contributed by atoms with van der Waals surface area (Å²) in [5, 5.41) is 0. The van der Waals surface area contributed by atoms with Crippen LogP contribution in [0.3, 0.4) is 0 Å². The third-order valence-corrected chi connectivity index (χ3v) is 2.41. The van der Waals surface area contributed by atoms with Gasteiger partial charge in [-0.15, -0.1) is 0 Å². The number of fused-ring (bicyclic) bond motifs is 1. The fourth-order valence-corrected chi connectivity index (χ4v) is 1.77. The molecule has 0 amide bonds. The Kier molecular flexibility index (Phi) is 2.34. The summed E-state index contributed by atoms with van der Waals surface area (Å²) in [4.78, 5) is 14.5. The normalized spacial score (nSPS) is 13.9. The Balaban J connectivity index is 2.52. The topological polar surface area (TPSA) is 48.4 Å². The number of halogens is 1. The zero-order chi connectivity index (χ0) is 9.26. The number of ether oxygens (including phenoxy) is 2. The quantitative estimate of drug-likeness (QED) is 0.577. The molecule has 0 spiro atoms. The van der Waals surface area contributed by atoms with Crippen molar-refractivity contribution in [1.29, 1.82) is 0 Å². The Morgan fingerprint density at radius 3 is 3.00 bits per heavy atom. The zero-order valence-electron chi connectivity index (χ0n) is 6.62. The number of nitrogens with zero attached hydrogens (tertiary/aromatic N) is 1. The van der Waals surface area contributed by atoms with Gasteiger partial charge in [0.2, 0.25) is 0 Å². The van der Waals surface area contributed by atoms with Crippen molar-refractivity contribution < 1.29 is 14.3 Å². The summed E-state index contributed by atoms with van der Waals surface area (Å²) in [6.45, 7) is 1.02. The minimum absolute atomic E-state index is 0.369. The molecule has 68 valence electrons. The minimum atomic E-state index is 0.369. The molecule has 0 aliphatic carbocycles. The van der Waals surface area contributed by atoms with Crippen LogP contribution in [0.2, 0.25) is 0 Å². The maximum atomic E-state index is 10.5. The molecule has 0 unspecified atom stereocenters. The first-order chi connectivity index (χ1) is 6.31. The summed E-state index contributed by atoms with van der Waals surface area (Å²) in [6, 6.07) is 1.67. The monoisotopic (exact) mass is 291 g/mol. The van der Waals surface area contributed by atoms with Gasteiger partial charge in [0.05, 0.1) is 3.57 Å². The molecule has 13 heavy (non-hydrogen) atoms. The van der Waals surface area contributed by atoms with Crippen molar-refractivity contribution in [2.45, 2.75) is 0 Å². The maximum absolute atomic E-state index is 10.5.